The van der Waals surface area contributed by atoms with Crippen LogP contribution in [-0.4, -0.2) is 5.91 Å². The van der Waals surface area contributed by atoms with E-state index in [-0.39, 0.29) is 11.8 Å². The van der Waals surface area contributed by atoms with E-state index >= 15 is 0 Å². The molecule has 0 aliphatic heterocycles. The van der Waals surface area contributed by atoms with E-state index in [0.29, 0.717) is 24.3 Å². The molecule has 0 aromatic heterocycles. The van der Waals surface area contributed by atoms with Crippen molar-refractivity contribution < 1.29 is 4.79 Å². The fourth-order valence-electron chi connectivity index (χ4n) is 3.53. The number of hydrogen-bond acceptors (Lipinski definition) is 1. The maximum absolute atomic E-state index is 12.6. The molecule has 116 valence electrons. The van der Waals surface area contributed by atoms with Crippen molar-refractivity contribution in [3.8, 4) is 0 Å². The van der Waals surface area contributed by atoms with Crippen LogP contribution >= 0.6 is 0 Å². The molecule has 3 atom stereocenters. The number of hydrogen-bond donors (Lipinski definition) is 1. The van der Waals surface area contributed by atoms with E-state index in [9.17, 15) is 4.79 Å². The highest BCUT2D eigenvalue weighted by atomic mass is 16.1. The standard InChI is InChI=1S/C19H29NO/c1-13(2)17-10-7-15(4)11-18(17)19(21)20-12-16-8-5-14(3)6-9-16/h5-6,8-9,13,15,17-18H,7,10-12H2,1-4H3,(H,20,21)/t15-,17+,18?/m1/s1. The third-order valence-corrected chi connectivity index (χ3v) is 4.95. The van der Waals surface area contributed by atoms with Crippen molar-refractivity contribution in [2.75, 3.05) is 0 Å². The van der Waals surface area contributed by atoms with E-state index in [4.69, 9.17) is 0 Å². The summed E-state index contributed by atoms with van der Waals surface area (Å²) in [5.74, 6) is 2.25. The Bertz CT molecular complexity index is 463. The van der Waals surface area contributed by atoms with Crippen LogP contribution in [-0.2, 0) is 11.3 Å². The second-order valence-corrected chi connectivity index (χ2v) is 7.14. The number of benzene rings is 1. The summed E-state index contributed by atoms with van der Waals surface area (Å²) in [4.78, 5) is 12.6. The minimum atomic E-state index is 0.194. The molecule has 1 amide bonds. The van der Waals surface area contributed by atoms with Gasteiger partial charge in [0.05, 0.1) is 0 Å². The molecule has 0 heterocycles. The first-order valence-corrected chi connectivity index (χ1v) is 8.30. The Labute approximate surface area is 129 Å². The molecule has 1 aliphatic carbocycles. The van der Waals surface area contributed by atoms with Gasteiger partial charge in [0.25, 0.3) is 0 Å². The molecular formula is C19H29NO. The Hall–Kier alpha value is -1.31. The minimum Gasteiger partial charge on any atom is -0.352 e. The quantitative estimate of drug-likeness (QED) is 0.878. The van der Waals surface area contributed by atoms with Gasteiger partial charge in [0, 0.05) is 12.5 Å². The van der Waals surface area contributed by atoms with Crippen molar-refractivity contribution in [1.82, 2.24) is 5.32 Å². The average Bonchev–Trinajstić information content (AvgIpc) is 2.46. The van der Waals surface area contributed by atoms with Gasteiger partial charge >= 0.3 is 0 Å². The first-order chi connectivity index (χ1) is 9.97. The lowest BCUT2D eigenvalue weighted by Gasteiger charge is -2.36. The smallest absolute Gasteiger partial charge is 0.223 e. The molecule has 1 aromatic rings. The molecule has 1 fully saturated rings. The highest BCUT2D eigenvalue weighted by molar-refractivity contribution is 5.79. The topological polar surface area (TPSA) is 29.1 Å². The van der Waals surface area contributed by atoms with Gasteiger partial charge in [0.2, 0.25) is 5.91 Å². The van der Waals surface area contributed by atoms with Gasteiger partial charge in [-0.05, 0) is 43.1 Å². The first-order valence-electron chi connectivity index (χ1n) is 8.30. The van der Waals surface area contributed by atoms with Crippen LogP contribution in [0, 0.1) is 30.6 Å². The summed E-state index contributed by atoms with van der Waals surface area (Å²) in [6.45, 7) is 9.51. The SMILES string of the molecule is Cc1ccc(CNC(=O)C2C[C@H](C)CC[C@H]2C(C)C)cc1. The molecule has 1 unspecified atom stereocenters. The van der Waals surface area contributed by atoms with E-state index in [1.165, 1.54) is 24.0 Å². The molecule has 0 radical (unpaired) electrons. The molecule has 2 heteroatoms. The molecular weight excluding hydrogens is 258 g/mol. The summed E-state index contributed by atoms with van der Waals surface area (Å²) >= 11 is 0. The minimum absolute atomic E-state index is 0.194. The van der Waals surface area contributed by atoms with E-state index in [2.05, 4.69) is 57.3 Å². The van der Waals surface area contributed by atoms with Gasteiger partial charge in [-0.25, -0.2) is 0 Å². The van der Waals surface area contributed by atoms with Gasteiger partial charge in [0.15, 0.2) is 0 Å². The fourth-order valence-corrected chi connectivity index (χ4v) is 3.53. The molecule has 1 N–H and O–H groups in total. The molecule has 2 rings (SSSR count). The normalized spacial score (nSPS) is 25.9. The van der Waals surface area contributed by atoms with Gasteiger partial charge in [-0.3, -0.25) is 4.79 Å². The van der Waals surface area contributed by atoms with Gasteiger partial charge in [0.1, 0.15) is 0 Å². The van der Waals surface area contributed by atoms with Gasteiger partial charge in [-0.15, -0.1) is 0 Å². The summed E-state index contributed by atoms with van der Waals surface area (Å²) in [5.41, 5.74) is 2.44. The molecule has 1 aromatic carbocycles. The summed E-state index contributed by atoms with van der Waals surface area (Å²) < 4.78 is 0. The van der Waals surface area contributed by atoms with E-state index in [0.717, 1.165) is 6.42 Å². The second-order valence-electron chi connectivity index (χ2n) is 7.14. The Kier molecular flexibility index (Phi) is 5.44. The predicted octanol–water partition coefficient (Wildman–Crippen LogP) is 4.32. The maximum atomic E-state index is 12.6. The molecule has 0 bridgehead atoms. The molecule has 0 spiro atoms. The van der Waals surface area contributed by atoms with Crippen LogP contribution < -0.4 is 5.32 Å². The van der Waals surface area contributed by atoms with Crippen molar-refractivity contribution in [3.05, 3.63) is 35.4 Å². The van der Waals surface area contributed by atoms with Crippen LogP contribution in [0.5, 0.6) is 0 Å². The number of carbonyl (C=O) groups is 1. The average molecular weight is 287 g/mol. The number of aryl methyl sites for hydroxylation is 1. The molecule has 1 saturated carbocycles. The van der Waals surface area contributed by atoms with Crippen molar-refractivity contribution >= 4 is 5.91 Å². The highest BCUT2D eigenvalue weighted by Gasteiger charge is 2.35. The number of carbonyl (C=O) groups excluding carboxylic acids is 1. The van der Waals surface area contributed by atoms with Crippen LogP contribution in [0.1, 0.15) is 51.2 Å². The van der Waals surface area contributed by atoms with E-state index in [1.807, 2.05) is 0 Å². The van der Waals surface area contributed by atoms with Crippen LogP contribution in [0.3, 0.4) is 0 Å². The Morgan fingerprint density at radius 3 is 2.52 bits per heavy atom. The summed E-state index contributed by atoms with van der Waals surface area (Å²) in [6, 6.07) is 8.39. The molecule has 0 saturated heterocycles. The third-order valence-electron chi connectivity index (χ3n) is 4.95. The van der Waals surface area contributed by atoms with Gasteiger partial charge in [-0.2, -0.15) is 0 Å². The van der Waals surface area contributed by atoms with Crippen LogP contribution in [0.4, 0.5) is 0 Å². The summed E-state index contributed by atoms with van der Waals surface area (Å²) in [7, 11) is 0. The lowest BCUT2D eigenvalue weighted by molar-refractivity contribution is -0.129. The van der Waals surface area contributed by atoms with E-state index < -0.39 is 0 Å². The van der Waals surface area contributed by atoms with Crippen molar-refractivity contribution in [2.24, 2.45) is 23.7 Å². The molecule has 1 aliphatic rings. The summed E-state index contributed by atoms with van der Waals surface area (Å²) in [6.07, 6.45) is 3.51. The summed E-state index contributed by atoms with van der Waals surface area (Å²) in [5, 5.41) is 3.15. The second kappa shape index (κ2) is 7.11. The number of rotatable bonds is 4. The van der Waals surface area contributed by atoms with Gasteiger partial charge in [-0.1, -0.05) is 57.0 Å². The Balaban J connectivity index is 1.95. The monoisotopic (exact) mass is 287 g/mol. The fraction of sp³-hybridized carbons (Fsp3) is 0.632. The lowest BCUT2D eigenvalue weighted by Crippen LogP contribution is -2.39. The Morgan fingerprint density at radius 2 is 1.90 bits per heavy atom. The first kappa shape index (κ1) is 16.1. The van der Waals surface area contributed by atoms with Crippen LogP contribution in [0.25, 0.3) is 0 Å². The van der Waals surface area contributed by atoms with Crippen molar-refractivity contribution in [2.45, 2.75) is 53.5 Å². The zero-order chi connectivity index (χ0) is 15.4. The molecule has 2 nitrogen and oxygen atoms in total. The number of nitrogens with one attached hydrogen (secondary N) is 1. The maximum Gasteiger partial charge on any atom is 0.223 e. The van der Waals surface area contributed by atoms with Crippen LogP contribution in [0.15, 0.2) is 24.3 Å². The zero-order valence-electron chi connectivity index (χ0n) is 13.9. The Morgan fingerprint density at radius 1 is 1.24 bits per heavy atom. The highest BCUT2D eigenvalue weighted by Crippen LogP contribution is 2.38. The lowest BCUT2D eigenvalue weighted by atomic mass is 9.70. The van der Waals surface area contributed by atoms with E-state index in [1.54, 1.807) is 0 Å². The zero-order valence-corrected chi connectivity index (χ0v) is 13.9. The predicted molar refractivity (Wildman–Crippen MR) is 87.9 cm³/mol. The van der Waals surface area contributed by atoms with Crippen molar-refractivity contribution in [1.29, 1.82) is 0 Å². The van der Waals surface area contributed by atoms with Crippen molar-refractivity contribution in [3.63, 3.8) is 0 Å². The van der Waals surface area contributed by atoms with Gasteiger partial charge < -0.3 is 5.32 Å². The third kappa shape index (κ3) is 4.33. The molecule has 21 heavy (non-hydrogen) atoms. The van der Waals surface area contributed by atoms with Crippen LogP contribution in [0.2, 0.25) is 0 Å². The number of amides is 1. The largest absolute Gasteiger partial charge is 0.352 e.